The van der Waals surface area contributed by atoms with E-state index in [0.29, 0.717) is 0 Å². The molecular formula is C18H31N5. The standard InChI is InChI=1S/C18H31N5/c1-3-19-18(23-12-6-7-15(2)13-23)20-10-9-16-14-22-11-5-4-8-17(22)21-16/h14-15H,3-13H2,1-2H3,(H,19,20). The van der Waals surface area contributed by atoms with Gasteiger partial charge in [-0.15, -0.1) is 0 Å². The number of nitrogens with one attached hydrogen (secondary N) is 1. The van der Waals surface area contributed by atoms with E-state index in [1.807, 2.05) is 0 Å². The van der Waals surface area contributed by atoms with Crippen LogP contribution in [0.4, 0.5) is 0 Å². The number of guanidine groups is 1. The van der Waals surface area contributed by atoms with Gasteiger partial charge in [-0.2, -0.15) is 0 Å². The lowest BCUT2D eigenvalue weighted by Gasteiger charge is -2.33. The Kier molecular flexibility index (Phi) is 5.57. The van der Waals surface area contributed by atoms with Gasteiger partial charge in [-0.25, -0.2) is 4.98 Å². The number of hydrogen-bond acceptors (Lipinski definition) is 2. The third-order valence-electron chi connectivity index (χ3n) is 4.88. The smallest absolute Gasteiger partial charge is 0.193 e. The zero-order valence-corrected chi connectivity index (χ0v) is 14.7. The molecule has 1 aromatic heterocycles. The van der Waals surface area contributed by atoms with Crippen LogP contribution >= 0.6 is 0 Å². The third-order valence-corrected chi connectivity index (χ3v) is 4.88. The summed E-state index contributed by atoms with van der Waals surface area (Å²) in [6.45, 7) is 9.64. The Morgan fingerprint density at radius 1 is 1.35 bits per heavy atom. The first-order valence-corrected chi connectivity index (χ1v) is 9.34. The first-order chi connectivity index (χ1) is 11.3. The molecular weight excluding hydrogens is 286 g/mol. The van der Waals surface area contributed by atoms with Crippen LogP contribution < -0.4 is 5.32 Å². The number of aryl methyl sites for hydroxylation is 2. The molecule has 0 radical (unpaired) electrons. The van der Waals surface area contributed by atoms with Gasteiger partial charge in [0.1, 0.15) is 5.82 Å². The summed E-state index contributed by atoms with van der Waals surface area (Å²) in [6.07, 6.45) is 9.51. The predicted molar refractivity (Wildman–Crippen MR) is 94.8 cm³/mol. The molecule has 0 aliphatic carbocycles. The van der Waals surface area contributed by atoms with Crippen LogP contribution in [0, 0.1) is 5.92 Å². The summed E-state index contributed by atoms with van der Waals surface area (Å²) in [5.41, 5.74) is 1.20. The molecule has 3 heterocycles. The predicted octanol–water partition coefficient (Wildman–Crippen LogP) is 2.46. The van der Waals surface area contributed by atoms with Gasteiger partial charge < -0.3 is 14.8 Å². The number of nitrogens with zero attached hydrogens (tertiary/aromatic N) is 4. The van der Waals surface area contributed by atoms with Crippen molar-refractivity contribution in [2.45, 2.75) is 58.9 Å². The van der Waals surface area contributed by atoms with Crippen molar-refractivity contribution in [3.63, 3.8) is 0 Å². The van der Waals surface area contributed by atoms with Gasteiger partial charge in [0.15, 0.2) is 5.96 Å². The van der Waals surface area contributed by atoms with E-state index in [2.05, 4.69) is 34.8 Å². The molecule has 1 N–H and O–H groups in total. The highest BCUT2D eigenvalue weighted by molar-refractivity contribution is 5.80. The van der Waals surface area contributed by atoms with Crippen molar-refractivity contribution < 1.29 is 0 Å². The van der Waals surface area contributed by atoms with Crippen LogP contribution in [0.1, 0.15) is 51.0 Å². The second-order valence-electron chi connectivity index (χ2n) is 6.98. The van der Waals surface area contributed by atoms with Gasteiger partial charge in [0.25, 0.3) is 0 Å². The SMILES string of the molecule is CCNC(=NCCc1cn2c(n1)CCCC2)N1CCCC(C)C1. The monoisotopic (exact) mass is 317 g/mol. The molecule has 23 heavy (non-hydrogen) atoms. The number of hydrogen-bond donors (Lipinski definition) is 1. The summed E-state index contributed by atoms with van der Waals surface area (Å²) < 4.78 is 2.33. The molecule has 0 saturated carbocycles. The molecule has 0 spiro atoms. The zero-order valence-electron chi connectivity index (χ0n) is 14.7. The lowest BCUT2D eigenvalue weighted by Crippen LogP contribution is -2.46. The fourth-order valence-electron chi connectivity index (χ4n) is 3.68. The summed E-state index contributed by atoms with van der Waals surface area (Å²) >= 11 is 0. The minimum absolute atomic E-state index is 0.771. The molecule has 1 atom stereocenters. The van der Waals surface area contributed by atoms with E-state index >= 15 is 0 Å². The van der Waals surface area contributed by atoms with Crippen LogP contribution in [0.25, 0.3) is 0 Å². The van der Waals surface area contributed by atoms with Crippen molar-refractivity contribution in [3.05, 3.63) is 17.7 Å². The van der Waals surface area contributed by atoms with E-state index in [1.54, 1.807) is 0 Å². The average Bonchev–Trinajstić information content (AvgIpc) is 2.97. The molecule has 5 heteroatoms. The molecule has 0 amide bonds. The Bertz CT molecular complexity index is 510. The van der Waals surface area contributed by atoms with Crippen LogP contribution in [0.15, 0.2) is 11.2 Å². The highest BCUT2D eigenvalue weighted by atomic mass is 15.3. The maximum atomic E-state index is 4.86. The van der Waals surface area contributed by atoms with Gasteiger partial charge in [0.05, 0.1) is 5.69 Å². The zero-order chi connectivity index (χ0) is 16.1. The van der Waals surface area contributed by atoms with Crippen molar-refractivity contribution in [2.75, 3.05) is 26.2 Å². The van der Waals surface area contributed by atoms with Crippen LogP contribution in [-0.2, 0) is 19.4 Å². The number of likely N-dealkylation sites (tertiary alicyclic amines) is 1. The van der Waals surface area contributed by atoms with E-state index < -0.39 is 0 Å². The third kappa shape index (κ3) is 4.27. The van der Waals surface area contributed by atoms with Crippen LogP contribution in [0.2, 0.25) is 0 Å². The van der Waals surface area contributed by atoms with Crippen molar-refractivity contribution >= 4 is 5.96 Å². The van der Waals surface area contributed by atoms with E-state index in [0.717, 1.165) is 57.4 Å². The van der Waals surface area contributed by atoms with Crippen LogP contribution in [-0.4, -0.2) is 46.6 Å². The second kappa shape index (κ2) is 7.84. The van der Waals surface area contributed by atoms with E-state index in [1.165, 1.54) is 37.2 Å². The van der Waals surface area contributed by atoms with E-state index in [4.69, 9.17) is 9.98 Å². The summed E-state index contributed by atoms with van der Waals surface area (Å²) in [7, 11) is 0. The maximum absolute atomic E-state index is 4.86. The fourth-order valence-corrected chi connectivity index (χ4v) is 3.68. The average molecular weight is 317 g/mol. The number of imidazole rings is 1. The summed E-state index contributed by atoms with van der Waals surface area (Å²) in [5.74, 6) is 3.13. The summed E-state index contributed by atoms with van der Waals surface area (Å²) in [6, 6.07) is 0. The number of aromatic nitrogens is 2. The Morgan fingerprint density at radius 2 is 2.26 bits per heavy atom. The lowest BCUT2D eigenvalue weighted by molar-refractivity contribution is 0.266. The maximum Gasteiger partial charge on any atom is 0.193 e. The van der Waals surface area contributed by atoms with Crippen LogP contribution in [0.5, 0.6) is 0 Å². The van der Waals surface area contributed by atoms with Crippen LogP contribution in [0.3, 0.4) is 0 Å². The van der Waals surface area contributed by atoms with Gasteiger partial charge in [0.2, 0.25) is 0 Å². The molecule has 2 aliphatic rings. The molecule has 1 aromatic rings. The van der Waals surface area contributed by atoms with Gasteiger partial charge >= 0.3 is 0 Å². The molecule has 0 bridgehead atoms. The Hall–Kier alpha value is -1.52. The number of aliphatic imine (C=N–C) groups is 1. The molecule has 5 nitrogen and oxygen atoms in total. The number of piperidine rings is 1. The lowest BCUT2D eigenvalue weighted by atomic mass is 10.0. The molecule has 2 aliphatic heterocycles. The Morgan fingerprint density at radius 3 is 3.04 bits per heavy atom. The topological polar surface area (TPSA) is 45.5 Å². The first kappa shape index (κ1) is 16.3. The molecule has 1 unspecified atom stereocenters. The minimum Gasteiger partial charge on any atom is -0.357 e. The van der Waals surface area contributed by atoms with E-state index in [-0.39, 0.29) is 0 Å². The minimum atomic E-state index is 0.771. The van der Waals surface area contributed by atoms with Gasteiger partial charge in [-0.05, 0) is 38.5 Å². The quantitative estimate of drug-likeness (QED) is 0.685. The van der Waals surface area contributed by atoms with Crippen molar-refractivity contribution in [2.24, 2.45) is 10.9 Å². The van der Waals surface area contributed by atoms with Gasteiger partial charge in [-0.3, -0.25) is 4.99 Å². The van der Waals surface area contributed by atoms with Crippen molar-refractivity contribution in [1.82, 2.24) is 19.8 Å². The normalized spacial score (nSPS) is 22.1. The summed E-state index contributed by atoms with van der Waals surface area (Å²) in [5, 5.41) is 3.46. The number of rotatable bonds is 4. The largest absolute Gasteiger partial charge is 0.357 e. The molecule has 1 saturated heterocycles. The van der Waals surface area contributed by atoms with Crippen molar-refractivity contribution in [1.29, 1.82) is 0 Å². The van der Waals surface area contributed by atoms with Crippen molar-refractivity contribution in [3.8, 4) is 0 Å². The molecule has 3 rings (SSSR count). The van der Waals surface area contributed by atoms with E-state index in [9.17, 15) is 0 Å². The highest BCUT2D eigenvalue weighted by Gasteiger charge is 2.19. The fraction of sp³-hybridized carbons (Fsp3) is 0.778. The second-order valence-corrected chi connectivity index (χ2v) is 6.98. The summed E-state index contributed by atoms with van der Waals surface area (Å²) in [4.78, 5) is 12.1. The molecule has 1 fully saturated rings. The molecule has 0 aromatic carbocycles. The number of fused-ring (bicyclic) bond motifs is 1. The first-order valence-electron chi connectivity index (χ1n) is 9.34. The Balaban J connectivity index is 1.58. The van der Waals surface area contributed by atoms with Gasteiger partial charge in [0, 0.05) is 51.8 Å². The highest BCUT2D eigenvalue weighted by Crippen LogP contribution is 2.16. The molecule has 128 valence electrons. The Labute approximate surface area is 140 Å². The van der Waals surface area contributed by atoms with Gasteiger partial charge in [-0.1, -0.05) is 6.92 Å².